The van der Waals surface area contributed by atoms with E-state index in [0.717, 1.165) is 34.5 Å². The van der Waals surface area contributed by atoms with Crippen LogP contribution in [0.1, 0.15) is 28.7 Å². The van der Waals surface area contributed by atoms with E-state index in [1.165, 1.54) is 12.1 Å². The van der Waals surface area contributed by atoms with E-state index in [1.807, 2.05) is 18.2 Å². The van der Waals surface area contributed by atoms with Crippen LogP contribution in [-0.4, -0.2) is 18.0 Å². The summed E-state index contributed by atoms with van der Waals surface area (Å²) in [5.74, 6) is 0.545. The van der Waals surface area contributed by atoms with Crippen LogP contribution in [0.2, 0.25) is 0 Å². The second-order valence-corrected chi connectivity index (χ2v) is 6.48. The number of aliphatic imine (C=N–C) groups is 1. The minimum Gasteiger partial charge on any atom is -0.326 e. The van der Waals surface area contributed by atoms with E-state index in [-0.39, 0.29) is 5.91 Å². The second kappa shape index (κ2) is 6.70. The number of hydrogen-bond donors (Lipinski definition) is 2. The zero-order chi connectivity index (χ0) is 19.0. The molecule has 1 unspecified atom stereocenters. The molecule has 5 nitrogen and oxygen atoms in total. The second-order valence-electron chi connectivity index (χ2n) is 6.48. The Morgan fingerprint density at radius 3 is 2.67 bits per heavy atom. The molecule has 0 fully saturated rings. The average Bonchev–Trinajstić information content (AvgIpc) is 3.24. The first-order valence-electron chi connectivity index (χ1n) is 8.47. The maximum absolute atomic E-state index is 12.6. The molecule has 0 aliphatic carbocycles. The lowest BCUT2D eigenvalue weighted by Crippen LogP contribution is -2.19. The third-order valence-electron chi connectivity index (χ3n) is 4.53. The fourth-order valence-corrected chi connectivity index (χ4v) is 3.10. The van der Waals surface area contributed by atoms with Crippen LogP contribution in [0.15, 0.2) is 47.5 Å². The van der Waals surface area contributed by atoms with Gasteiger partial charge in [-0.2, -0.15) is 13.2 Å². The number of carbonyl (C=O) groups is 1. The molecule has 0 saturated heterocycles. The highest BCUT2D eigenvalue weighted by atomic mass is 19.4. The van der Waals surface area contributed by atoms with E-state index in [4.69, 9.17) is 4.84 Å². The number of aryl methyl sites for hydroxylation is 1. The van der Waals surface area contributed by atoms with Gasteiger partial charge in [-0.15, -0.1) is 0 Å². The molecular weight excluding hydrogens is 359 g/mol. The Hall–Kier alpha value is -2.87. The van der Waals surface area contributed by atoms with Crippen LogP contribution in [0, 0.1) is 0 Å². The molecule has 1 atom stereocenters. The van der Waals surface area contributed by atoms with Gasteiger partial charge in [0.15, 0.2) is 12.1 Å². The number of carbonyl (C=O) groups excluding carboxylic acids is 1. The smallest absolute Gasteiger partial charge is 0.326 e. The maximum atomic E-state index is 12.6. The number of benzene rings is 2. The molecule has 140 valence electrons. The summed E-state index contributed by atoms with van der Waals surface area (Å²) in [6, 6.07) is 10.7. The van der Waals surface area contributed by atoms with Crippen LogP contribution < -0.4 is 10.8 Å². The predicted octanol–water partition coefficient (Wildman–Crippen LogP) is 3.44. The first kappa shape index (κ1) is 17.5. The van der Waals surface area contributed by atoms with Gasteiger partial charge in [0.2, 0.25) is 5.91 Å². The number of nitrogens with zero attached hydrogens (tertiary/aromatic N) is 1. The lowest BCUT2D eigenvalue weighted by molar-refractivity contribution is -0.137. The summed E-state index contributed by atoms with van der Waals surface area (Å²) in [6.07, 6.45) is -3.33. The van der Waals surface area contributed by atoms with Crippen LogP contribution in [0.5, 0.6) is 0 Å². The average molecular weight is 375 g/mol. The van der Waals surface area contributed by atoms with Crippen molar-refractivity contribution in [2.45, 2.75) is 31.7 Å². The lowest BCUT2D eigenvalue weighted by atomic mass is 10.1. The van der Waals surface area contributed by atoms with Gasteiger partial charge in [-0.25, -0.2) is 15.3 Å². The molecule has 0 saturated carbocycles. The summed E-state index contributed by atoms with van der Waals surface area (Å²) >= 11 is 0. The molecule has 2 aliphatic rings. The Morgan fingerprint density at radius 2 is 1.93 bits per heavy atom. The van der Waals surface area contributed by atoms with Gasteiger partial charge in [-0.3, -0.25) is 4.79 Å². The molecule has 2 aromatic rings. The number of fused-ring (bicyclic) bond motifs is 1. The molecule has 2 aromatic carbocycles. The normalized spacial score (nSPS) is 18.7. The van der Waals surface area contributed by atoms with Gasteiger partial charge < -0.3 is 5.32 Å². The number of anilines is 1. The number of halogens is 3. The number of nitrogens with one attached hydrogen (secondary N) is 2. The summed E-state index contributed by atoms with van der Waals surface area (Å²) in [7, 11) is 0. The van der Waals surface area contributed by atoms with E-state index in [9.17, 15) is 18.0 Å². The number of alkyl halides is 3. The molecule has 27 heavy (non-hydrogen) atoms. The monoisotopic (exact) mass is 375 g/mol. The molecule has 8 heteroatoms. The standard InChI is InChI=1S/C19H16F3N3O2/c20-19(21,22)14-5-1-11(2-6-14)3-8-17-24-18(25-27-17)12-4-7-15-13(9-12)10-16(26)23-15/h1-2,4-7,9,17H,3,8,10H2,(H,23,26)(H,24,25). The highest BCUT2D eigenvalue weighted by Gasteiger charge is 2.30. The molecule has 2 heterocycles. The van der Waals surface area contributed by atoms with Gasteiger partial charge in [-0.05, 0) is 47.9 Å². The number of amidine groups is 1. The summed E-state index contributed by atoms with van der Waals surface area (Å²) in [5, 5.41) is 2.77. The Bertz CT molecular complexity index is 907. The number of amides is 1. The van der Waals surface area contributed by atoms with Crippen LogP contribution in [0.3, 0.4) is 0 Å². The zero-order valence-electron chi connectivity index (χ0n) is 14.1. The fraction of sp³-hybridized carbons (Fsp3) is 0.263. The summed E-state index contributed by atoms with van der Waals surface area (Å²) in [4.78, 5) is 21.4. The zero-order valence-corrected chi connectivity index (χ0v) is 14.1. The number of hydrogen-bond acceptors (Lipinski definition) is 4. The van der Waals surface area contributed by atoms with Crippen molar-refractivity contribution in [1.29, 1.82) is 0 Å². The summed E-state index contributed by atoms with van der Waals surface area (Å²) in [6.45, 7) is 0. The number of hydroxylamine groups is 1. The van der Waals surface area contributed by atoms with Gasteiger partial charge in [0.1, 0.15) is 0 Å². The minimum atomic E-state index is -4.33. The lowest BCUT2D eigenvalue weighted by Gasteiger charge is -2.08. The van der Waals surface area contributed by atoms with E-state index < -0.39 is 18.0 Å². The molecule has 0 aromatic heterocycles. The third kappa shape index (κ3) is 3.80. The molecule has 0 bridgehead atoms. The Labute approximate surface area is 153 Å². The predicted molar refractivity (Wildman–Crippen MR) is 93.1 cm³/mol. The van der Waals surface area contributed by atoms with Crippen molar-refractivity contribution in [2.75, 3.05) is 5.32 Å². The van der Waals surface area contributed by atoms with Crippen molar-refractivity contribution in [3.63, 3.8) is 0 Å². The van der Waals surface area contributed by atoms with Crippen LogP contribution in [-0.2, 0) is 28.7 Å². The fourth-order valence-electron chi connectivity index (χ4n) is 3.10. The minimum absolute atomic E-state index is 0.0332. The molecule has 4 rings (SSSR count). The molecule has 0 spiro atoms. The van der Waals surface area contributed by atoms with Crippen molar-refractivity contribution in [3.05, 3.63) is 64.7 Å². The van der Waals surface area contributed by atoms with Crippen molar-refractivity contribution >= 4 is 17.4 Å². The SMILES string of the molecule is O=C1Cc2cc(C3=NC(CCc4ccc(C(F)(F)F)cc4)ON3)ccc2N1. The van der Waals surface area contributed by atoms with E-state index in [2.05, 4.69) is 15.8 Å². The largest absolute Gasteiger partial charge is 0.416 e. The van der Waals surface area contributed by atoms with Crippen LogP contribution in [0.25, 0.3) is 0 Å². The van der Waals surface area contributed by atoms with Gasteiger partial charge in [0.05, 0.1) is 12.0 Å². The molecule has 2 N–H and O–H groups in total. The summed E-state index contributed by atoms with van der Waals surface area (Å²) in [5.41, 5.74) is 5.46. The van der Waals surface area contributed by atoms with Crippen molar-refractivity contribution in [3.8, 4) is 0 Å². The van der Waals surface area contributed by atoms with Crippen molar-refractivity contribution < 1.29 is 22.8 Å². The molecule has 0 radical (unpaired) electrons. The molecule has 2 aliphatic heterocycles. The van der Waals surface area contributed by atoms with Gasteiger partial charge in [0, 0.05) is 17.7 Å². The first-order chi connectivity index (χ1) is 12.9. The summed E-state index contributed by atoms with van der Waals surface area (Å²) < 4.78 is 37.8. The van der Waals surface area contributed by atoms with Crippen LogP contribution in [0.4, 0.5) is 18.9 Å². The third-order valence-corrected chi connectivity index (χ3v) is 4.53. The number of rotatable bonds is 4. The highest BCUT2D eigenvalue weighted by Crippen LogP contribution is 2.29. The van der Waals surface area contributed by atoms with Crippen molar-refractivity contribution in [1.82, 2.24) is 5.48 Å². The highest BCUT2D eigenvalue weighted by molar-refractivity contribution is 6.03. The molecular formula is C19H16F3N3O2. The van der Waals surface area contributed by atoms with Crippen molar-refractivity contribution in [2.24, 2.45) is 4.99 Å². The Morgan fingerprint density at radius 1 is 1.15 bits per heavy atom. The van der Waals surface area contributed by atoms with Gasteiger partial charge >= 0.3 is 6.18 Å². The Kier molecular flexibility index (Phi) is 4.35. The van der Waals surface area contributed by atoms with E-state index >= 15 is 0 Å². The van der Waals surface area contributed by atoms with E-state index in [1.54, 1.807) is 0 Å². The topological polar surface area (TPSA) is 62.7 Å². The maximum Gasteiger partial charge on any atom is 0.416 e. The van der Waals surface area contributed by atoms with Gasteiger partial charge in [-0.1, -0.05) is 12.1 Å². The Balaban J connectivity index is 1.39. The molecule has 1 amide bonds. The quantitative estimate of drug-likeness (QED) is 0.861. The van der Waals surface area contributed by atoms with E-state index in [0.29, 0.717) is 25.1 Å². The first-order valence-corrected chi connectivity index (χ1v) is 8.47. The van der Waals surface area contributed by atoms with Gasteiger partial charge in [0.25, 0.3) is 0 Å². The van der Waals surface area contributed by atoms with Crippen LogP contribution >= 0.6 is 0 Å².